The van der Waals surface area contributed by atoms with Gasteiger partial charge >= 0.3 is 21.7 Å². The Balaban J connectivity index is -0.000000340. The molecule has 2 saturated carbocycles. The van der Waals surface area contributed by atoms with Crippen LogP contribution >= 0.6 is 0 Å². The van der Waals surface area contributed by atoms with Crippen LogP contribution in [-0.4, -0.2) is 0 Å². The van der Waals surface area contributed by atoms with Crippen LogP contribution in [0.1, 0.15) is 96.9 Å². The molecule has 0 aromatic rings. The molecule has 2 rings (SSSR count). The van der Waals surface area contributed by atoms with Gasteiger partial charge in [0, 0.05) is 0 Å². The molecule has 0 atom stereocenters. The monoisotopic (exact) mass is 428 g/mol. The van der Waals surface area contributed by atoms with Gasteiger partial charge in [-0.1, -0.05) is 90.0 Å². The van der Waals surface area contributed by atoms with E-state index in [4.69, 9.17) is 6.42 Å². The van der Waals surface area contributed by atoms with Crippen molar-refractivity contribution in [2.45, 2.75) is 96.9 Å². The fourth-order valence-corrected chi connectivity index (χ4v) is 2.81. The second kappa shape index (κ2) is 15.1. The molecule has 0 heterocycles. The van der Waals surface area contributed by atoms with Crippen LogP contribution in [0.5, 0.6) is 0 Å². The van der Waals surface area contributed by atoms with Crippen LogP contribution in [0.25, 0.3) is 0 Å². The Morgan fingerprint density at radius 1 is 0.483 bits per heavy atom. The van der Waals surface area contributed by atoms with E-state index in [1.54, 1.807) is 6.92 Å². The minimum atomic E-state index is -0.0417. The van der Waals surface area contributed by atoms with Crippen LogP contribution in [0.3, 0.4) is 0 Å². The first kappa shape index (κ1) is 33.9. The van der Waals surface area contributed by atoms with Crippen molar-refractivity contribution in [1.82, 2.24) is 0 Å². The molecule has 0 saturated heterocycles. The summed E-state index contributed by atoms with van der Waals surface area (Å²) >= 11 is 0. The van der Waals surface area contributed by atoms with E-state index in [1.165, 1.54) is 59.2 Å². The quantitative estimate of drug-likeness (QED) is 0.206. The fraction of sp³-hybridized carbons (Fsp3) is 0.536. The van der Waals surface area contributed by atoms with Gasteiger partial charge in [-0.15, -0.1) is 0 Å². The summed E-state index contributed by atoms with van der Waals surface area (Å²) < 4.78 is 0. The molecular formula is C28H44Ti. The zero-order valence-corrected chi connectivity index (χ0v) is 23.3. The zero-order valence-electron chi connectivity index (χ0n) is 21.7. The Morgan fingerprint density at radius 3 is 0.586 bits per heavy atom. The van der Waals surface area contributed by atoms with Crippen molar-refractivity contribution in [3.8, 4) is 5.92 Å². The summed E-state index contributed by atoms with van der Waals surface area (Å²) in [7, 11) is 0. The summed E-state index contributed by atoms with van der Waals surface area (Å²) in [5.41, 5.74) is -0.0417. The molecule has 10 radical (unpaired) electrons. The SMILES string of the molecule is C[C]1[C](C)[C](C)[C](C)[C]1C.C[C]1[C](C)[C](C)[C](C)[C]1C.[C-]#CC(C)(C)C.[CH2-]C.[Ti+2]. The van der Waals surface area contributed by atoms with Gasteiger partial charge in [-0.25, -0.2) is 0 Å². The average molecular weight is 429 g/mol. The first-order valence-electron chi connectivity index (χ1n) is 10.2. The smallest absolute Gasteiger partial charge is 0.693 e. The van der Waals surface area contributed by atoms with Crippen molar-refractivity contribution in [2.75, 3.05) is 0 Å². The van der Waals surface area contributed by atoms with E-state index >= 15 is 0 Å². The van der Waals surface area contributed by atoms with Crippen molar-refractivity contribution in [1.29, 1.82) is 0 Å². The van der Waals surface area contributed by atoms with Gasteiger partial charge in [0.1, 0.15) is 0 Å². The molecule has 0 aromatic carbocycles. The summed E-state index contributed by atoms with van der Waals surface area (Å²) in [6.45, 7) is 32.8. The van der Waals surface area contributed by atoms with Crippen LogP contribution in [-0.2, 0) is 21.7 Å². The molecule has 0 aromatic heterocycles. The van der Waals surface area contributed by atoms with Gasteiger partial charge in [0.15, 0.2) is 0 Å². The Morgan fingerprint density at radius 2 is 0.552 bits per heavy atom. The molecule has 0 spiro atoms. The van der Waals surface area contributed by atoms with Crippen molar-refractivity contribution in [3.05, 3.63) is 72.5 Å². The second-order valence-electron chi connectivity index (χ2n) is 8.62. The molecule has 0 N–H and O–H groups in total. The maximum atomic E-state index is 6.60. The van der Waals surface area contributed by atoms with Gasteiger partial charge in [0.2, 0.25) is 0 Å². The molecule has 0 amide bonds. The molecule has 2 aliphatic rings. The summed E-state index contributed by atoms with van der Waals surface area (Å²) in [5, 5.41) is 0. The number of hydrogen-bond acceptors (Lipinski definition) is 0. The Labute approximate surface area is 202 Å². The minimum Gasteiger partial charge on any atom is -0.693 e. The third-order valence-electron chi connectivity index (χ3n) is 6.00. The summed E-state index contributed by atoms with van der Waals surface area (Å²) in [5.74, 6) is 17.0. The van der Waals surface area contributed by atoms with Gasteiger partial charge in [-0.05, 0) is 64.6 Å². The van der Waals surface area contributed by atoms with Crippen molar-refractivity contribution < 1.29 is 21.7 Å². The molecule has 160 valence electrons. The summed E-state index contributed by atoms with van der Waals surface area (Å²) in [6, 6.07) is 0. The summed E-state index contributed by atoms with van der Waals surface area (Å²) in [4.78, 5) is 0. The molecule has 29 heavy (non-hydrogen) atoms. The van der Waals surface area contributed by atoms with Crippen LogP contribution in [0.15, 0.2) is 0 Å². The number of hydrogen-bond donors (Lipinski definition) is 0. The average Bonchev–Trinajstić information content (AvgIpc) is 2.94. The van der Waals surface area contributed by atoms with E-state index in [0.717, 1.165) is 0 Å². The van der Waals surface area contributed by atoms with Crippen molar-refractivity contribution in [2.24, 2.45) is 5.41 Å². The first-order valence-corrected chi connectivity index (χ1v) is 10.2. The third-order valence-corrected chi connectivity index (χ3v) is 6.00. The van der Waals surface area contributed by atoms with E-state index in [-0.39, 0.29) is 27.1 Å². The summed E-state index contributed by atoms with van der Waals surface area (Å²) in [6.07, 6.45) is 6.60. The van der Waals surface area contributed by atoms with Gasteiger partial charge in [0.05, 0.1) is 0 Å². The molecular weight excluding hydrogens is 384 g/mol. The molecule has 0 unspecified atom stereocenters. The Kier molecular flexibility index (Phi) is 17.7. The van der Waals surface area contributed by atoms with Crippen LogP contribution < -0.4 is 0 Å². The van der Waals surface area contributed by atoms with Gasteiger partial charge in [-0.3, -0.25) is 0 Å². The van der Waals surface area contributed by atoms with Gasteiger partial charge in [-0.2, -0.15) is 6.92 Å². The van der Waals surface area contributed by atoms with Gasteiger partial charge < -0.3 is 19.3 Å². The zero-order chi connectivity index (χ0) is 23.0. The predicted molar refractivity (Wildman–Crippen MR) is 127 cm³/mol. The Bertz CT molecular complexity index is 321. The van der Waals surface area contributed by atoms with Crippen molar-refractivity contribution in [3.63, 3.8) is 0 Å². The van der Waals surface area contributed by atoms with E-state index in [2.05, 4.69) is 82.1 Å². The normalized spacial score (nSPS) is 22.0. The van der Waals surface area contributed by atoms with E-state index in [1.807, 2.05) is 20.8 Å². The third kappa shape index (κ3) is 10.4. The molecule has 0 nitrogen and oxygen atoms in total. The Hall–Kier alpha value is 0.274. The van der Waals surface area contributed by atoms with E-state index in [0.29, 0.717) is 0 Å². The standard InChI is InChI=1S/2C10H15.C6H9.C2H5.Ti/c2*1-6-7(2)9(4)10(5)8(6)3;1-5-6(2,3)4;1-2;/h2*1-5H3;2-4H3;1H2,2H3;/q;;2*-1;+2. The molecule has 1 heteroatoms. The van der Waals surface area contributed by atoms with Gasteiger partial charge in [0.25, 0.3) is 0 Å². The molecule has 2 aliphatic carbocycles. The fourth-order valence-electron chi connectivity index (χ4n) is 2.81. The topological polar surface area (TPSA) is 0 Å². The van der Waals surface area contributed by atoms with Crippen LogP contribution in [0.2, 0.25) is 0 Å². The minimum absolute atomic E-state index is 0. The maximum Gasteiger partial charge on any atom is 2.00 e. The molecule has 2 fully saturated rings. The van der Waals surface area contributed by atoms with E-state index in [9.17, 15) is 0 Å². The van der Waals surface area contributed by atoms with Crippen molar-refractivity contribution >= 4 is 0 Å². The van der Waals surface area contributed by atoms with Crippen LogP contribution in [0.4, 0.5) is 0 Å². The van der Waals surface area contributed by atoms with Crippen LogP contribution in [0, 0.1) is 83.9 Å². The molecule has 0 aliphatic heterocycles. The largest absolute Gasteiger partial charge is 2.00 e. The molecule has 0 bridgehead atoms. The number of rotatable bonds is 0. The predicted octanol–water partition coefficient (Wildman–Crippen LogP) is 8.40. The van der Waals surface area contributed by atoms with E-state index < -0.39 is 0 Å². The second-order valence-corrected chi connectivity index (χ2v) is 8.62. The first-order chi connectivity index (χ1) is 12.7. The maximum absolute atomic E-state index is 6.60.